The van der Waals surface area contributed by atoms with Gasteiger partial charge in [0, 0.05) is 5.33 Å². The predicted molar refractivity (Wildman–Crippen MR) is 47.9 cm³/mol. The molecule has 0 spiro atoms. The zero-order valence-corrected chi connectivity index (χ0v) is 8.96. The van der Waals surface area contributed by atoms with Crippen LogP contribution in [-0.4, -0.2) is 26.2 Å². The second kappa shape index (κ2) is 3.32. The third kappa shape index (κ3) is 3.20. The summed E-state index contributed by atoms with van der Waals surface area (Å²) >= 11 is 6.52. The molecule has 0 aromatic rings. The SMILES string of the molecule is C[SH](C)(=O)C(Br)CBr. The van der Waals surface area contributed by atoms with Crippen LogP contribution in [0.3, 0.4) is 0 Å². The molecule has 4 heteroatoms. The third-order valence-corrected chi connectivity index (χ3v) is 7.63. The van der Waals surface area contributed by atoms with Gasteiger partial charge in [0.25, 0.3) is 0 Å². The summed E-state index contributed by atoms with van der Waals surface area (Å²) in [5.74, 6) is 0. The van der Waals surface area contributed by atoms with Crippen molar-refractivity contribution in [1.82, 2.24) is 0 Å². The molecule has 0 saturated heterocycles. The minimum atomic E-state index is -1.89. The summed E-state index contributed by atoms with van der Waals surface area (Å²) in [5.41, 5.74) is 0. The van der Waals surface area contributed by atoms with Gasteiger partial charge in [0.05, 0.1) is 4.16 Å². The molecule has 0 radical (unpaired) electrons. The second-order valence-electron chi connectivity index (χ2n) is 2.02. The minimum Gasteiger partial charge on any atom is -0.284 e. The van der Waals surface area contributed by atoms with Gasteiger partial charge in [-0.1, -0.05) is 41.8 Å². The molecule has 0 bridgehead atoms. The van der Waals surface area contributed by atoms with E-state index in [9.17, 15) is 4.21 Å². The molecule has 0 aliphatic carbocycles. The van der Waals surface area contributed by atoms with Crippen molar-refractivity contribution in [2.45, 2.75) is 4.16 Å². The average molecular weight is 266 g/mol. The second-order valence-corrected chi connectivity index (χ2v) is 7.98. The molecule has 8 heavy (non-hydrogen) atoms. The van der Waals surface area contributed by atoms with Gasteiger partial charge in [-0.3, -0.25) is 4.21 Å². The van der Waals surface area contributed by atoms with Crippen LogP contribution in [0.2, 0.25) is 0 Å². The summed E-state index contributed by atoms with van der Waals surface area (Å²) in [5, 5.41) is 0.761. The van der Waals surface area contributed by atoms with Crippen molar-refractivity contribution in [3.8, 4) is 0 Å². The Balaban J connectivity index is 3.82. The van der Waals surface area contributed by atoms with Crippen molar-refractivity contribution in [3.63, 3.8) is 0 Å². The lowest BCUT2D eigenvalue weighted by atomic mass is 11.0. The van der Waals surface area contributed by atoms with Gasteiger partial charge in [-0.25, -0.2) is 0 Å². The molecule has 0 heterocycles. The first-order valence-electron chi connectivity index (χ1n) is 2.23. The quantitative estimate of drug-likeness (QED) is 0.590. The van der Waals surface area contributed by atoms with E-state index in [-0.39, 0.29) is 4.16 Å². The highest BCUT2D eigenvalue weighted by Crippen LogP contribution is 2.14. The molecule has 0 fully saturated rings. The fraction of sp³-hybridized carbons (Fsp3) is 1.00. The maximum atomic E-state index is 11.1. The highest BCUT2D eigenvalue weighted by atomic mass is 79.9. The first-order valence-corrected chi connectivity index (χ1v) is 6.94. The van der Waals surface area contributed by atoms with Crippen LogP contribution in [0.1, 0.15) is 0 Å². The molecule has 0 aromatic heterocycles. The molecule has 0 aliphatic rings. The summed E-state index contributed by atoms with van der Waals surface area (Å²) in [6.07, 6.45) is 3.54. The van der Waals surface area contributed by atoms with Crippen LogP contribution in [-0.2, 0) is 9.93 Å². The highest BCUT2D eigenvalue weighted by molar-refractivity contribution is 9.13. The maximum Gasteiger partial charge on any atom is 0.0770 e. The summed E-state index contributed by atoms with van der Waals surface area (Å²) in [6, 6.07) is 0. The van der Waals surface area contributed by atoms with E-state index in [1.54, 1.807) is 12.5 Å². The van der Waals surface area contributed by atoms with Crippen molar-refractivity contribution in [1.29, 1.82) is 0 Å². The van der Waals surface area contributed by atoms with E-state index in [4.69, 9.17) is 0 Å². The van der Waals surface area contributed by atoms with Gasteiger partial charge in [0.2, 0.25) is 0 Å². The molecular formula is C4H10Br2OS. The third-order valence-electron chi connectivity index (χ3n) is 0.802. The van der Waals surface area contributed by atoms with E-state index in [0.717, 1.165) is 5.33 Å². The van der Waals surface area contributed by atoms with E-state index < -0.39 is 9.93 Å². The molecule has 52 valence electrons. The molecule has 0 saturated carbocycles. The molecule has 1 unspecified atom stereocenters. The Kier molecular flexibility index (Phi) is 3.78. The van der Waals surface area contributed by atoms with Gasteiger partial charge in [0.15, 0.2) is 0 Å². The number of hydrogen-bond acceptors (Lipinski definition) is 1. The Labute approximate surface area is 67.9 Å². The van der Waals surface area contributed by atoms with E-state index in [1.807, 2.05) is 0 Å². The zero-order chi connectivity index (χ0) is 6.78. The van der Waals surface area contributed by atoms with Gasteiger partial charge in [0.1, 0.15) is 0 Å². The fourth-order valence-corrected chi connectivity index (χ4v) is 2.59. The standard InChI is InChI=1S/C4H10Br2OS/c1-8(2,7)4(6)3-5/h4,8H,3H2,1-2H3. The lowest BCUT2D eigenvalue weighted by Gasteiger charge is -2.15. The Morgan fingerprint density at radius 2 is 2.00 bits per heavy atom. The van der Waals surface area contributed by atoms with Crippen molar-refractivity contribution in [2.24, 2.45) is 0 Å². The highest BCUT2D eigenvalue weighted by Gasteiger charge is 2.11. The largest absolute Gasteiger partial charge is 0.284 e. The zero-order valence-electron chi connectivity index (χ0n) is 4.90. The summed E-state index contributed by atoms with van der Waals surface area (Å²) in [6.45, 7) is 0. The summed E-state index contributed by atoms with van der Waals surface area (Å²) in [7, 11) is -1.89. The normalized spacial score (nSPS) is 18.0. The van der Waals surface area contributed by atoms with E-state index >= 15 is 0 Å². The summed E-state index contributed by atoms with van der Waals surface area (Å²) in [4.78, 5) is 0. The van der Waals surface area contributed by atoms with E-state index in [0.29, 0.717) is 0 Å². The van der Waals surface area contributed by atoms with Gasteiger partial charge < -0.3 is 0 Å². The minimum absolute atomic E-state index is 0.134. The fourth-order valence-electron chi connectivity index (χ4n) is 0.166. The van der Waals surface area contributed by atoms with Crippen LogP contribution < -0.4 is 0 Å². The van der Waals surface area contributed by atoms with Crippen LogP contribution in [0.5, 0.6) is 0 Å². The summed E-state index contributed by atoms with van der Waals surface area (Å²) < 4.78 is 11.2. The smallest absolute Gasteiger partial charge is 0.0770 e. The number of thiol groups is 1. The molecule has 1 nitrogen and oxygen atoms in total. The number of alkyl halides is 2. The van der Waals surface area contributed by atoms with Crippen molar-refractivity contribution >= 4 is 41.8 Å². The Bertz CT molecular complexity index is 109. The topological polar surface area (TPSA) is 17.1 Å². The molecule has 1 atom stereocenters. The monoisotopic (exact) mass is 264 g/mol. The molecular weight excluding hydrogens is 256 g/mol. The van der Waals surface area contributed by atoms with Gasteiger partial charge in [-0.15, -0.1) is 0 Å². The molecule has 0 aromatic carbocycles. The Morgan fingerprint density at radius 1 is 1.62 bits per heavy atom. The maximum absolute atomic E-state index is 11.1. The van der Waals surface area contributed by atoms with Crippen LogP contribution in [0.15, 0.2) is 0 Å². The lowest BCUT2D eigenvalue weighted by Crippen LogP contribution is -2.20. The van der Waals surface area contributed by atoms with Gasteiger partial charge in [-0.05, 0) is 12.5 Å². The van der Waals surface area contributed by atoms with Crippen molar-refractivity contribution < 1.29 is 4.21 Å². The average Bonchev–Trinajstić information content (AvgIpc) is 1.62. The van der Waals surface area contributed by atoms with Crippen molar-refractivity contribution in [2.75, 3.05) is 17.8 Å². The first-order chi connectivity index (χ1) is 3.48. The van der Waals surface area contributed by atoms with E-state index in [2.05, 4.69) is 31.9 Å². The van der Waals surface area contributed by atoms with Crippen LogP contribution >= 0.6 is 31.9 Å². The first kappa shape index (κ1) is 9.11. The van der Waals surface area contributed by atoms with Crippen LogP contribution in [0.25, 0.3) is 0 Å². The van der Waals surface area contributed by atoms with Crippen molar-refractivity contribution in [3.05, 3.63) is 0 Å². The van der Waals surface area contributed by atoms with Crippen LogP contribution in [0.4, 0.5) is 0 Å². The van der Waals surface area contributed by atoms with E-state index in [1.165, 1.54) is 0 Å². The van der Waals surface area contributed by atoms with Crippen LogP contribution in [0, 0.1) is 0 Å². The number of rotatable bonds is 2. The molecule has 0 rings (SSSR count). The number of halogens is 2. The molecule has 0 N–H and O–H groups in total. The Hall–Kier alpha value is 1.11. The molecule has 0 aliphatic heterocycles. The lowest BCUT2D eigenvalue weighted by molar-refractivity contribution is 0.678. The number of hydrogen-bond donors (Lipinski definition) is 1. The predicted octanol–water partition coefficient (Wildman–Crippen LogP) is 1.38. The van der Waals surface area contributed by atoms with Gasteiger partial charge in [-0.2, -0.15) is 0 Å². The van der Waals surface area contributed by atoms with Gasteiger partial charge >= 0.3 is 0 Å². The molecule has 0 amide bonds. The Morgan fingerprint density at radius 3 is 2.00 bits per heavy atom.